The van der Waals surface area contributed by atoms with Gasteiger partial charge in [-0.1, -0.05) is 58.0 Å². The van der Waals surface area contributed by atoms with E-state index in [1.807, 2.05) is 18.2 Å². The van der Waals surface area contributed by atoms with Crippen LogP contribution in [0.15, 0.2) is 30.3 Å². The van der Waals surface area contributed by atoms with E-state index in [-0.39, 0.29) is 5.91 Å². The molecule has 148 valence electrons. The summed E-state index contributed by atoms with van der Waals surface area (Å²) in [5.41, 5.74) is 1.21. The fraction of sp³-hybridized carbons (Fsp3) is 0.571. The maximum Gasteiger partial charge on any atom is 0.221 e. The number of hydrogen-bond acceptors (Lipinski definition) is 5. The van der Waals surface area contributed by atoms with Crippen LogP contribution in [0.3, 0.4) is 0 Å². The van der Waals surface area contributed by atoms with Gasteiger partial charge in [-0.15, -0.1) is 0 Å². The van der Waals surface area contributed by atoms with E-state index in [4.69, 9.17) is 4.98 Å². The molecule has 0 aliphatic rings. The number of anilines is 1. The molecule has 0 bridgehead atoms. The predicted molar refractivity (Wildman–Crippen MR) is 113 cm³/mol. The lowest BCUT2D eigenvalue weighted by atomic mass is 10.1. The fourth-order valence-electron chi connectivity index (χ4n) is 2.75. The van der Waals surface area contributed by atoms with Crippen LogP contribution in [0, 0.1) is 11.8 Å². The van der Waals surface area contributed by atoms with E-state index in [0.717, 1.165) is 36.9 Å². The van der Waals surface area contributed by atoms with Crippen molar-refractivity contribution in [2.24, 2.45) is 11.8 Å². The third-order valence-corrected chi connectivity index (χ3v) is 4.99. The molecule has 0 spiro atoms. The van der Waals surface area contributed by atoms with E-state index in [1.165, 1.54) is 17.1 Å². The Balaban J connectivity index is 1.92. The zero-order valence-electron chi connectivity index (χ0n) is 16.9. The minimum atomic E-state index is 0.110. The molecular formula is C21H32N4OS. The van der Waals surface area contributed by atoms with Crippen LogP contribution in [0.4, 0.5) is 5.13 Å². The number of carbonyl (C=O) groups excluding carboxylic acids is 1. The molecule has 0 aliphatic heterocycles. The van der Waals surface area contributed by atoms with E-state index in [0.29, 0.717) is 24.8 Å². The first-order valence-electron chi connectivity index (χ1n) is 9.82. The Morgan fingerprint density at radius 2 is 1.89 bits per heavy atom. The summed E-state index contributed by atoms with van der Waals surface area (Å²) in [5.74, 6) is 2.05. The molecule has 0 atom stereocenters. The number of rotatable bonds is 11. The van der Waals surface area contributed by atoms with E-state index in [2.05, 4.69) is 54.4 Å². The van der Waals surface area contributed by atoms with Crippen molar-refractivity contribution in [2.75, 3.05) is 24.5 Å². The molecule has 1 aromatic heterocycles. The summed E-state index contributed by atoms with van der Waals surface area (Å²) in [5, 5.41) is 3.92. The summed E-state index contributed by atoms with van der Waals surface area (Å²) in [6, 6.07) is 10.3. The highest BCUT2D eigenvalue weighted by molar-refractivity contribution is 7.09. The van der Waals surface area contributed by atoms with Crippen molar-refractivity contribution in [3.8, 4) is 0 Å². The van der Waals surface area contributed by atoms with Crippen molar-refractivity contribution in [1.29, 1.82) is 0 Å². The topological polar surface area (TPSA) is 58.1 Å². The van der Waals surface area contributed by atoms with Crippen molar-refractivity contribution < 1.29 is 4.79 Å². The number of benzene rings is 1. The summed E-state index contributed by atoms with van der Waals surface area (Å²) < 4.78 is 4.52. The zero-order chi connectivity index (χ0) is 19.6. The lowest BCUT2D eigenvalue weighted by Gasteiger charge is -2.23. The van der Waals surface area contributed by atoms with Crippen LogP contribution in [-0.4, -0.2) is 34.9 Å². The molecule has 0 aliphatic carbocycles. The highest BCUT2D eigenvalue weighted by Gasteiger charge is 2.16. The van der Waals surface area contributed by atoms with Crippen LogP contribution in [-0.2, 0) is 11.2 Å². The molecule has 27 heavy (non-hydrogen) atoms. The number of nitrogens with one attached hydrogen (secondary N) is 1. The van der Waals surface area contributed by atoms with Crippen molar-refractivity contribution >= 4 is 22.6 Å². The van der Waals surface area contributed by atoms with Crippen molar-refractivity contribution in [1.82, 2.24) is 14.7 Å². The van der Waals surface area contributed by atoms with Crippen LogP contribution >= 0.6 is 11.5 Å². The number of nitrogens with zero attached hydrogens (tertiary/aromatic N) is 3. The standard InChI is InChI=1S/C21H32N4OS/c1-16(2)10-12-22-20(26)11-13-25(15-17(3)4)21-23-19(24-27-21)14-18-8-6-5-7-9-18/h5-9,16-17H,10-15H2,1-4H3,(H,22,26). The van der Waals surface area contributed by atoms with Gasteiger partial charge < -0.3 is 10.2 Å². The number of hydrogen-bond donors (Lipinski definition) is 1. The Hall–Kier alpha value is -1.95. The zero-order valence-corrected chi connectivity index (χ0v) is 17.8. The van der Waals surface area contributed by atoms with Crippen molar-refractivity contribution in [2.45, 2.75) is 47.0 Å². The van der Waals surface area contributed by atoms with Gasteiger partial charge in [0.15, 0.2) is 0 Å². The van der Waals surface area contributed by atoms with Gasteiger partial charge in [0.2, 0.25) is 11.0 Å². The molecular weight excluding hydrogens is 356 g/mol. The maximum absolute atomic E-state index is 12.1. The van der Waals surface area contributed by atoms with Gasteiger partial charge in [0.05, 0.1) is 0 Å². The van der Waals surface area contributed by atoms with Crippen molar-refractivity contribution in [3.63, 3.8) is 0 Å². The van der Waals surface area contributed by atoms with Gasteiger partial charge in [-0.3, -0.25) is 4.79 Å². The summed E-state index contributed by atoms with van der Waals surface area (Å²) in [6.07, 6.45) is 2.24. The van der Waals surface area contributed by atoms with Gasteiger partial charge >= 0.3 is 0 Å². The third-order valence-electron chi connectivity index (χ3n) is 4.17. The average molecular weight is 389 g/mol. The fourth-order valence-corrected chi connectivity index (χ4v) is 3.47. The van der Waals surface area contributed by atoms with Gasteiger partial charge in [0, 0.05) is 44.0 Å². The van der Waals surface area contributed by atoms with E-state index >= 15 is 0 Å². The Bertz CT molecular complexity index is 684. The smallest absolute Gasteiger partial charge is 0.221 e. The third kappa shape index (κ3) is 8.08. The minimum Gasteiger partial charge on any atom is -0.356 e. The van der Waals surface area contributed by atoms with E-state index in [9.17, 15) is 4.79 Å². The molecule has 5 nitrogen and oxygen atoms in total. The first-order chi connectivity index (χ1) is 12.9. The van der Waals surface area contributed by atoms with E-state index in [1.54, 1.807) is 0 Å². The maximum atomic E-state index is 12.1. The van der Waals surface area contributed by atoms with Crippen LogP contribution in [0.5, 0.6) is 0 Å². The van der Waals surface area contributed by atoms with Crippen LogP contribution in [0.2, 0.25) is 0 Å². The second-order valence-corrected chi connectivity index (χ2v) is 8.51. The molecule has 0 saturated heterocycles. The summed E-state index contributed by atoms with van der Waals surface area (Å²) in [7, 11) is 0. The molecule has 0 fully saturated rings. The molecule has 2 rings (SSSR count). The molecule has 0 unspecified atom stereocenters. The Kier molecular flexibility index (Phi) is 8.72. The van der Waals surface area contributed by atoms with Crippen LogP contribution in [0.25, 0.3) is 0 Å². The molecule has 6 heteroatoms. The van der Waals surface area contributed by atoms with Gasteiger partial charge in [-0.25, -0.2) is 4.98 Å². The van der Waals surface area contributed by atoms with Gasteiger partial charge in [0.1, 0.15) is 5.82 Å². The SMILES string of the molecule is CC(C)CCNC(=O)CCN(CC(C)C)c1nc(Cc2ccccc2)ns1. The second-order valence-electron chi connectivity index (χ2n) is 7.78. The highest BCUT2D eigenvalue weighted by atomic mass is 32.1. The largest absolute Gasteiger partial charge is 0.356 e. The second kappa shape index (κ2) is 11.0. The molecule has 1 amide bonds. The van der Waals surface area contributed by atoms with Gasteiger partial charge in [0.25, 0.3) is 0 Å². The Morgan fingerprint density at radius 1 is 1.15 bits per heavy atom. The number of aromatic nitrogens is 2. The Morgan fingerprint density at radius 3 is 2.56 bits per heavy atom. The summed E-state index contributed by atoms with van der Waals surface area (Å²) >= 11 is 1.43. The lowest BCUT2D eigenvalue weighted by Crippen LogP contribution is -2.33. The first-order valence-corrected chi connectivity index (χ1v) is 10.6. The molecule has 1 aromatic carbocycles. The molecule has 0 saturated carbocycles. The quantitative estimate of drug-likeness (QED) is 0.628. The molecule has 0 radical (unpaired) electrons. The predicted octanol–water partition coefficient (Wildman–Crippen LogP) is 4.14. The van der Waals surface area contributed by atoms with Crippen LogP contribution < -0.4 is 10.2 Å². The molecule has 1 heterocycles. The first kappa shape index (κ1) is 21.4. The van der Waals surface area contributed by atoms with Crippen LogP contribution in [0.1, 0.15) is 51.9 Å². The van der Waals surface area contributed by atoms with E-state index < -0.39 is 0 Å². The number of carbonyl (C=O) groups is 1. The summed E-state index contributed by atoms with van der Waals surface area (Å²) in [4.78, 5) is 19.0. The van der Waals surface area contributed by atoms with Gasteiger partial charge in [-0.05, 0) is 23.8 Å². The highest BCUT2D eigenvalue weighted by Crippen LogP contribution is 2.20. The summed E-state index contributed by atoms with van der Waals surface area (Å²) in [6.45, 7) is 11.0. The van der Waals surface area contributed by atoms with Crippen molar-refractivity contribution in [3.05, 3.63) is 41.7 Å². The minimum absolute atomic E-state index is 0.110. The van der Waals surface area contributed by atoms with Gasteiger partial charge in [-0.2, -0.15) is 4.37 Å². The lowest BCUT2D eigenvalue weighted by molar-refractivity contribution is -0.120. The number of amides is 1. The normalized spacial score (nSPS) is 11.2. The molecule has 2 aromatic rings. The Labute approximate surface area is 167 Å². The molecule has 1 N–H and O–H groups in total. The monoisotopic (exact) mass is 388 g/mol. The average Bonchev–Trinajstić information content (AvgIpc) is 3.07.